The number of nitrogens with one attached hydrogen (secondary N) is 1. The monoisotopic (exact) mass is 495 g/mol. The minimum absolute atomic E-state index is 0.0252. The van der Waals surface area contributed by atoms with Gasteiger partial charge in [0.15, 0.2) is 0 Å². The highest BCUT2D eigenvalue weighted by Gasteiger charge is 2.27. The van der Waals surface area contributed by atoms with Crippen molar-refractivity contribution in [3.05, 3.63) is 47.6 Å². The smallest absolute Gasteiger partial charge is 0.277 e. The molecular formula is C19H18ClN5O5S2. The van der Waals surface area contributed by atoms with E-state index < -0.39 is 10.0 Å². The maximum absolute atomic E-state index is 12.9. The highest BCUT2D eigenvalue weighted by molar-refractivity contribution is 7.99. The van der Waals surface area contributed by atoms with E-state index in [1.807, 2.05) is 0 Å². The first-order chi connectivity index (χ1) is 15.4. The fourth-order valence-corrected chi connectivity index (χ4v) is 5.00. The number of carbonyl (C=O) groups excluding carboxylic acids is 1. The molecule has 0 aliphatic carbocycles. The number of morpholine rings is 1. The van der Waals surface area contributed by atoms with Crippen LogP contribution in [-0.2, 0) is 19.6 Å². The second kappa shape index (κ2) is 9.96. The van der Waals surface area contributed by atoms with Crippen molar-refractivity contribution in [2.45, 2.75) is 10.1 Å². The molecule has 32 heavy (non-hydrogen) atoms. The molecule has 10 nitrogen and oxygen atoms in total. The Hall–Kier alpha value is -2.51. The highest BCUT2D eigenvalue weighted by atomic mass is 35.5. The predicted molar refractivity (Wildman–Crippen MR) is 118 cm³/mol. The van der Waals surface area contributed by atoms with Crippen LogP contribution in [0, 0.1) is 0 Å². The van der Waals surface area contributed by atoms with Gasteiger partial charge in [-0.2, -0.15) is 4.31 Å². The van der Waals surface area contributed by atoms with Gasteiger partial charge in [-0.1, -0.05) is 29.4 Å². The molecule has 0 bridgehead atoms. The minimum atomic E-state index is -3.65. The van der Waals surface area contributed by atoms with E-state index in [-0.39, 0.29) is 27.7 Å². The highest BCUT2D eigenvalue weighted by Crippen LogP contribution is 2.26. The van der Waals surface area contributed by atoms with Crippen molar-refractivity contribution in [3.63, 3.8) is 0 Å². The van der Waals surface area contributed by atoms with Gasteiger partial charge in [-0.05, 0) is 30.3 Å². The summed E-state index contributed by atoms with van der Waals surface area (Å²) in [5.41, 5.74) is 0.466. The number of sulfonamides is 1. The second-order valence-corrected chi connectivity index (χ2v) is 9.92. The Morgan fingerprint density at radius 3 is 2.75 bits per heavy atom. The molecule has 1 fully saturated rings. The van der Waals surface area contributed by atoms with E-state index >= 15 is 0 Å². The molecule has 1 saturated heterocycles. The Bertz CT molecular complexity index is 1200. The molecule has 13 heteroatoms. The largest absolute Gasteiger partial charge is 0.411 e. The molecule has 0 atom stereocenters. The Kier molecular flexibility index (Phi) is 7.06. The van der Waals surface area contributed by atoms with E-state index in [4.69, 9.17) is 20.8 Å². The predicted octanol–water partition coefficient (Wildman–Crippen LogP) is 2.54. The van der Waals surface area contributed by atoms with Crippen LogP contribution in [-0.4, -0.2) is 65.9 Å². The van der Waals surface area contributed by atoms with Crippen LogP contribution in [0.25, 0.3) is 11.5 Å². The molecule has 3 aromatic rings. The topological polar surface area (TPSA) is 128 Å². The zero-order valence-electron chi connectivity index (χ0n) is 16.6. The van der Waals surface area contributed by atoms with Crippen LogP contribution in [0.3, 0.4) is 0 Å². The molecule has 4 rings (SSSR count). The average Bonchev–Trinajstić information content (AvgIpc) is 3.29. The summed E-state index contributed by atoms with van der Waals surface area (Å²) in [5, 5.41) is 11.2. The molecule has 0 saturated carbocycles. The fraction of sp³-hybridized carbons (Fsp3) is 0.263. The van der Waals surface area contributed by atoms with Gasteiger partial charge in [0.05, 0.1) is 28.9 Å². The number of thioether (sulfide) groups is 1. The van der Waals surface area contributed by atoms with E-state index in [1.54, 1.807) is 24.3 Å². The number of rotatable bonds is 7. The number of amides is 1. The van der Waals surface area contributed by atoms with Crippen LogP contribution in [0.15, 0.2) is 57.1 Å². The number of pyridine rings is 1. The zero-order chi connectivity index (χ0) is 22.6. The van der Waals surface area contributed by atoms with E-state index in [0.717, 1.165) is 11.8 Å². The van der Waals surface area contributed by atoms with Crippen molar-refractivity contribution >= 4 is 45.1 Å². The molecule has 1 aliphatic heterocycles. The number of hydrogen-bond donors (Lipinski definition) is 1. The summed E-state index contributed by atoms with van der Waals surface area (Å²) in [6.07, 6.45) is 1.43. The first kappa shape index (κ1) is 22.7. The molecule has 2 aromatic heterocycles. The lowest BCUT2D eigenvalue weighted by Crippen LogP contribution is -2.40. The average molecular weight is 496 g/mol. The van der Waals surface area contributed by atoms with Gasteiger partial charge in [0.1, 0.15) is 5.82 Å². The molecule has 3 heterocycles. The van der Waals surface area contributed by atoms with Gasteiger partial charge in [0.25, 0.3) is 5.22 Å². The second-order valence-electron chi connectivity index (χ2n) is 6.62. The van der Waals surface area contributed by atoms with E-state index in [9.17, 15) is 13.2 Å². The summed E-state index contributed by atoms with van der Waals surface area (Å²) in [7, 11) is -3.65. The summed E-state index contributed by atoms with van der Waals surface area (Å²) >= 11 is 6.82. The first-order valence-electron chi connectivity index (χ1n) is 9.48. The lowest BCUT2D eigenvalue weighted by Gasteiger charge is -2.26. The minimum Gasteiger partial charge on any atom is -0.411 e. The van der Waals surface area contributed by atoms with Crippen molar-refractivity contribution in [1.82, 2.24) is 19.5 Å². The molecule has 1 aromatic carbocycles. The third kappa shape index (κ3) is 5.45. The van der Waals surface area contributed by atoms with E-state index in [0.29, 0.717) is 42.7 Å². The van der Waals surface area contributed by atoms with Crippen molar-refractivity contribution in [2.75, 3.05) is 37.4 Å². The molecule has 1 N–H and O–H groups in total. The van der Waals surface area contributed by atoms with Gasteiger partial charge in [0, 0.05) is 24.8 Å². The summed E-state index contributed by atoms with van der Waals surface area (Å²) in [5.74, 6) is 0.260. The third-order valence-electron chi connectivity index (χ3n) is 4.42. The SMILES string of the molecule is O=C(CSc1nnc(-c2cccc(S(=O)(=O)N3CCOCC3)c2)o1)Nc1ccc(Cl)cn1. The standard InChI is InChI=1S/C19H18ClN5O5S2/c20-14-4-5-16(21-11-14)22-17(26)12-31-19-24-23-18(30-19)13-2-1-3-15(10-13)32(27,28)25-6-8-29-9-7-25/h1-5,10-11H,6-9,12H2,(H,21,22,26). The molecule has 1 amide bonds. The van der Waals surface area contributed by atoms with Gasteiger partial charge < -0.3 is 14.5 Å². The van der Waals surface area contributed by atoms with Crippen LogP contribution in [0.2, 0.25) is 5.02 Å². The molecule has 168 valence electrons. The van der Waals surface area contributed by atoms with Gasteiger partial charge in [-0.15, -0.1) is 10.2 Å². The van der Waals surface area contributed by atoms with Crippen LogP contribution in [0.5, 0.6) is 0 Å². The number of halogens is 1. The first-order valence-corrected chi connectivity index (χ1v) is 12.3. The van der Waals surface area contributed by atoms with Crippen LogP contribution in [0.4, 0.5) is 5.82 Å². The summed E-state index contributed by atoms with van der Waals surface area (Å²) in [4.78, 5) is 16.2. The van der Waals surface area contributed by atoms with Crippen LogP contribution >= 0.6 is 23.4 Å². The Labute approximate surface area is 193 Å². The lowest BCUT2D eigenvalue weighted by molar-refractivity contribution is -0.113. The van der Waals surface area contributed by atoms with E-state index in [1.165, 1.54) is 22.6 Å². The number of carbonyl (C=O) groups is 1. The number of hydrogen-bond acceptors (Lipinski definition) is 9. The number of aromatic nitrogens is 3. The summed E-state index contributed by atoms with van der Waals surface area (Å²) in [6, 6.07) is 9.52. The van der Waals surface area contributed by atoms with Crippen molar-refractivity contribution in [1.29, 1.82) is 0 Å². The number of ether oxygens (including phenoxy) is 1. The quantitative estimate of drug-likeness (QED) is 0.491. The summed E-state index contributed by atoms with van der Waals surface area (Å²) in [6.45, 7) is 1.35. The van der Waals surface area contributed by atoms with Crippen LogP contribution in [0.1, 0.15) is 0 Å². The maximum atomic E-state index is 12.9. The normalized spacial score (nSPS) is 14.9. The van der Waals surface area contributed by atoms with Crippen molar-refractivity contribution in [3.8, 4) is 11.5 Å². The van der Waals surface area contributed by atoms with Crippen molar-refractivity contribution in [2.24, 2.45) is 0 Å². The van der Waals surface area contributed by atoms with E-state index in [2.05, 4.69) is 20.5 Å². The molecule has 0 spiro atoms. The molecular weight excluding hydrogens is 478 g/mol. The summed E-state index contributed by atoms with van der Waals surface area (Å²) < 4.78 is 37.9. The maximum Gasteiger partial charge on any atom is 0.277 e. The number of nitrogens with zero attached hydrogens (tertiary/aromatic N) is 4. The zero-order valence-corrected chi connectivity index (χ0v) is 19.0. The Morgan fingerprint density at radius 1 is 1.19 bits per heavy atom. The Morgan fingerprint density at radius 2 is 2.00 bits per heavy atom. The van der Waals surface area contributed by atoms with Gasteiger partial charge in [0.2, 0.25) is 21.8 Å². The molecule has 1 aliphatic rings. The molecule has 0 unspecified atom stereocenters. The number of benzene rings is 1. The molecule has 0 radical (unpaired) electrons. The fourth-order valence-electron chi connectivity index (χ4n) is 2.87. The van der Waals surface area contributed by atoms with Gasteiger partial charge in [-0.3, -0.25) is 4.79 Å². The van der Waals surface area contributed by atoms with Crippen LogP contribution < -0.4 is 5.32 Å². The Balaban J connectivity index is 1.40. The van der Waals surface area contributed by atoms with Crippen molar-refractivity contribution < 1.29 is 22.4 Å². The van der Waals surface area contributed by atoms with Gasteiger partial charge >= 0.3 is 0 Å². The lowest BCUT2D eigenvalue weighted by atomic mass is 10.2. The number of anilines is 1. The van der Waals surface area contributed by atoms with Gasteiger partial charge in [-0.25, -0.2) is 13.4 Å². The third-order valence-corrected chi connectivity index (χ3v) is 7.35.